The van der Waals surface area contributed by atoms with Crippen molar-refractivity contribution in [3.63, 3.8) is 0 Å². The van der Waals surface area contributed by atoms with E-state index in [2.05, 4.69) is 33.1 Å². The standard InChI is InChI=1S/C8H14BrN3/c1-5(4-10)3-7-8(9)6(2)11-12-7/h5H,3-4,10H2,1-2H3,(H,11,12). The van der Waals surface area contributed by atoms with Crippen LogP contribution in [0.15, 0.2) is 4.47 Å². The lowest BCUT2D eigenvalue weighted by atomic mass is 10.1. The average molecular weight is 232 g/mol. The number of nitrogens with zero attached hydrogens (tertiary/aromatic N) is 1. The summed E-state index contributed by atoms with van der Waals surface area (Å²) < 4.78 is 1.09. The zero-order chi connectivity index (χ0) is 9.14. The molecule has 0 aliphatic rings. The van der Waals surface area contributed by atoms with E-state index in [0.29, 0.717) is 12.5 Å². The zero-order valence-corrected chi connectivity index (χ0v) is 8.98. The smallest absolute Gasteiger partial charge is 0.0770 e. The Morgan fingerprint density at radius 2 is 2.33 bits per heavy atom. The average Bonchev–Trinajstić information content (AvgIpc) is 2.36. The number of aromatic nitrogens is 2. The molecule has 12 heavy (non-hydrogen) atoms. The second-order valence-corrected chi connectivity index (χ2v) is 3.95. The lowest BCUT2D eigenvalue weighted by molar-refractivity contribution is 0.582. The van der Waals surface area contributed by atoms with E-state index in [4.69, 9.17) is 5.73 Å². The van der Waals surface area contributed by atoms with Crippen LogP contribution in [0.1, 0.15) is 18.3 Å². The van der Waals surface area contributed by atoms with Crippen LogP contribution >= 0.6 is 15.9 Å². The second kappa shape index (κ2) is 4.05. The quantitative estimate of drug-likeness (QED) is 0.831. The highest BCUT2D eigenvalue weighted by Crippen LogP contribution is 2.20. The molecule has 0 fully saturated rings. The van der Waals surface area contributed by atoms with Gasteiger partial charge in [0.2, 0.25) is 0 Å². The van der Waals surface area contributed by atoms with Crippen molar-refractivity contribution in [3.8, 4) is 0 Å². The van der Waals surface area contributed by atoms with Gasteiger partial charge in [0.1, 0.15) is 0 Å². The molecule has 1 aromatic rings. The fourth-order valence-electron chi connectivity index (χ4n) is 1.01. The number of hydrogen-bond donors (Lipinski definition) is 2. The lowest BCUT2D eigenvalue weighted by Gasteiger charge is -2.04. The predicted molar refractivity (Wildman–Crippen MR) is 52.9 cm³/mol. The summed E-state index contributed by atoms with van der Waals surface area (Å²) in [6.07, 6.45) is 0.932. The maximum absolute atomic E-state index is 5.52. The van der Waals surface area contributed by atoms with Crippen LogP contribution in [0.2, 0.25) is 0 Å². The minimum Gasteiger partial charge on any atom is -0.330 e. The molecule has 68 valence electrons. The molecule has 0 saturated carbocycles. The maximum atomic E-state index is 5.52. The van der Waals surface area contributed by atoms with Gasteiger partial charge in [-0.2, -0.15) is 5.10 Å². The van der Waals surface area contributed by atoms with Crippen LogP contribution in [0, 0.1) is 12.8 Å². The van der Waals surface area contributed by atoms with Gasteiger partial charge in [0.15, 0.2) is 0 Å². The van der Waals surface area contributed by atoms with E-state index in [1.165, 1.54) is 0 Å². The highest BCUT2D eigenvalue weighted by Gasteiger charge is 2.09. The minimum atomic E-state index is 0.490. The fraction of sp³-hybridized carbons (Fsp3) is 0.625. The molecule has 0 bridgehead atoms. The number of nitrogens with one attached hydrogen (secondary N) is 1. The lowest BCUT2D eigenvalue weighted by Crippen LogP contribution is -2.13. The Bertz CT molecular complexity index is 257. The van der Waals surface area contributed by atoms with E-state index in [1.54, 1.807) is 0 Å². The molecule has 0 aliphatic heterocycles. The van der Waals surface area contributed by atoms with Gasteiger partial charge in [-0.15, -0.1) is 0 Å². The zero-order valence-electron chi connectivity index (χ0n) is 7.39. The van der Waals surface area contributed by atoms with Crippen LogP contribution in [-0.2, 0) is 6.42 Å². The van der Waals surface area contributed by atoms with Crippen LogP contribution < -0.4 is 5.73 Å². The van der Waals surface area contributed by atoms with Crippen molar-refractivity contribution >= 4 is 15.9 Å². The van der Waals surface area contributed by atoms with Crippen LogP contribution in [0.25, 0.3) is 0 Å². The molecule has 4 heteroatoms. The summed E-state index contributed by atoms with van der Waals surface area (Å²) in [5, 5.41) is 7.10. The summed E-state index contributed by atoms with van der Waals surface area (Å²) in [7, 11) is 0. The first-order chi connectivity index (χ1) is 5.65. The molecule has 1 unspecified atom stereocenters. The Hall–Kier alpha value is -0.350. The van der Waals surface area contributed by atoms with Gasteiger partial charge in [-0.1, -0.05) is 6.92 Å². The Kier molecular flexibility index (Phi) is 3.29. The first-order valence-electron chi connectivity index (χ1n) is 4.04. The van der Waals surface area contributed by atoms with Gasteiger partial charge in [-0.3, -0.25) is 5.10 Å². The first kappa shape index (κ1) is 9.74. The van der Waals surface area contributed by atoms with Crippen LogP contribution in [0.4, 0.5) is 0 Å². The molecular formula is C8H14BrN3. The van der Waals surface area contributed by atoms with Gasteiger partial charge in [-0.05, 0) is 41.7 Å². The van der Waals surface area contributed by atoms with Gasteiger partial charge in [0.05, 0.1) is 10.2 Å². The third kappa shape index (κ3) is 2.08. The number of hydrogen-bond acceptors (Lipinski definition) is 2. The third-order valence-corrected chi connectivity index (χ3v) is 2.94. The fourth-order valence-corrected chi connectivity index (χ4v) is 1.35. The number of halogens is 1. The van der Waals surface area contributed by atoms with Crippen molar-refractivity contribution in [1.82, 2.24) is 10.2 Å². The summed E-state index contributed by atoms with van der Waals surface area (Å²) in [5.74, 6) is 0.490. The Morgan fingerprint density at radius 3 is 2.75 bits per heavy atom. The molecule has 0 spiro atoms. The van der Waals surface area contributed by atoms with Crippen molar-refractivity contribution in [1.29, 1.82) is 0 Å². The molecule has 0 aromatic carbocycles. The highest BCUT2D eigenvalue weighted by molar-refractivity contribution is 9.10. The normalized spacial score (nSPS) is 13.3. The molecule has 3 N–H and O–H groups in total. The van der Waals surface area contributed by atoms with Crippen molar-refractivity contribution in [2.24, 2.45) is 11.7 Å². The predicted octanol–water partition coefficient (Wildman–Crippen LogP) is 1.62. The summed E-state index contributed by atoms with van der Waals surface area (Å²) in [4.78, 5) is 0. The summed E-state index contributed by atoms with van der Waals surface area (Å²) in [6.45, 7) is 4.82. The number of aromatic amines is 1. The summed E-state index contributed by atoms with van der Waals surface area (Å²) in [5.41, 5.74) is 7.68. The van der Waals surface area contributed by atoms with E-state index >= 15 is 0 Å². The largest absolute Gasteiger partial charge is 0.330 e. The van der Waals surface area contributed by atoms with Gasteiger partial charge in [0.25, 0.3) is 0 Å². The number of H-pyrrole nitrogens is 1. The Balaban J connectivity index is 2.69. The molecule has 0 aliphatic carbocycles. The number of rotatable bonds is 3. The third-order valence-electron chi connectivity index (χ3n) is 1.89. The van der Waals surface area contributed by atoms with Gasteiger partial charge >= 0.3 is 0 Å². The topological polar surface area (TPSA) is 54.7 Å². The van der Waals surface area contributed by atoms with Crippen LogP contribution in [0.5, 0.6) is 0 Å². The van der Waals surface area contributed by atoms with Crippen LogP contribution in [-0.4, -0.2) is 16.7 Å². The van der Waals surface area contributed by atoms with Gasteiger partial charge in [0, 0.05) is 5.69 Å². The SMILES string of the molecule is Cc1[nH]nc(CC(C)CN)c1Br. The summed E-state index contributed by atoms with van der Waals surface area (Å²) in [6, 6.07) is 0. The van der Waals surface area contributed by atoms with Gasteiger partial charge < -0.3 is 5.73 Å². The molecule has 1 rings (SSSR count). The minimum absolute atomic E-state index is 0.490. The molecule has 3 nitrogen and oxygen atoms in total. The van der Waals surface area contributed by atoms with E-state index < -0.39 is 0 Å². The molecule has 0 amide bonds. The Morgan fingerprint density at radius 1 is 1.67 bits per heavy atom. The molecule has 0 radical (unpaired) electrons. The molecule has 1 heterocycles. The second-order valence-electron chi connectivity index (χ2n) is 3.15. The van der Waals surface area contributed by atoms with E-state index in [0.717, 1.165) is 22.3 Å². The van der Waals surface area contributed by atoms with Crippen molar-refractivity contribution in [2.75, 3.05) is 6.54 Å². The molecule has 1 atom stereocenters. The monoisotopic (exact) mass is 231 g/mol. The highest BCUT2D eigenvalue weighted by atomic mass is 79.9. The van der Waals surface area contributed by atoms with E-state index in [9.17, 15) is 0 Å². The Labute approximate surface area is 80.9 Å². The molecule has 0 saturated heterocycles. The van der Waals surface area contributed by atoms with Crippen molar-refractivity contribution < 1.29 is 0 Å². The van der Waals surface area contributed by atoms with Crippen LogP contribution in [0.3, 0.4) is 0 Å². The van der Waals surface area contributed by atoms with Gasteiger partial charge in [-0.25, -0.2) is 0 Å². The number of aryl methyl sites for hydroxylation is 1. The van der Waals surface area contributed by atoms with E-state index in [-0.39, 0.29) is 0 Å². The number of nitrogens with two attached hydrogens (primary N) is 1. The van der Waals surface area contributed by atoms with Crippen molar-refractivity contribution in [3.05, 3.63) is 15.9 Å². The maximum Gasteiger partial charge on any atom is 0.0770 e. The summed E-state index contributed by atoms with van der Waals surface area (Å²) >= 11 is 3.47. The first-order valence-corrected chi connectivity index (χ1v) is 4.83. The molecule has 1 aromatic heterocycles. The van der Waals surface area contributed by atoms with Crippen molar-refractivity contribution in [2.45, 2.75) is 20.3 Å². The van der Waals surface area contributed by atoms with E-state index in [1.807, 2.05) is 6.92 Å². The molecular weight excluding hydrogens is 218 g/mol.